The maximum atomic E-state index is 12.0. The van der Waals surface area contributed by atoms with E-state index in [-0.39, 0.29) is 5.91 Å². The van der Waals surface area contributed by atoms with Gasteiger partial charge in [0.15, 0.2) is 0 Å². The minimum atomic E-state index is -0.298. The van der Waals surface area contributed by atoms with E-state index >= 15 is 0 Å². The van der Waals surface area contributed by atoms with Crippen LogP contribution in [0.5, 0.6) is 0 Å². The molecule has 1 aromatic heterocycles. The Labute approximate surface area is 131 Å². The van der Waals surface area contributed by atoms with Crippen molar-refractivity contribution in [3.05, 3.63) is 57.3 Å². The van der Waals surface area contributed by atoms with Crippen molar-refractivity contribution in [3.63, 3.8) is 0 Å². The first-order chi connectivity index (χ1) is 10.0. The summed E-state index contributed by atoms with van der Waals surface area (Å²) in [7, 11) is 1.81. The molecule has 0 radical (unpaired) electrons. The second-order valence-electron chi connectivity index (χ2n) is 4.42. The smallest absolute Gasteiger partial charge is 0.272 e. The summed E-state index contributed by atoms with van der Waals surface area (Å²) in [6.07, 6.45) is 1.53. The highest BCUT2D eigenvalue weighted by Gasteiger charge is 2.09. The average molecular weight is 345 g/mol. The van der Waals surface area contributed by atoms with Crippen LogP contribution >= 0.6 is 15.9 Å². The molecule has 0 fully saturated rings. The second-order valence-corrected chi connectivity index (χ2v) is 5.27. The summed E-state index contributed by atoms with van der Waals surface area (Å²) in [5.74, 6) is -0.298. The molecule has 2 aromatic rings. The largest absolute Gasteiger partial charge is 0.339 e. The van der Waals surface area contributed by atoms with Crippen molar-refractivity contribution < 1.29 is 4.79 Å². The Hall–Kier alpha value is -2.39. The molecule has 2 rings (SSSR count). The number of nitrogens with one attached hydrogen (secondary N) is 1. The molecule has 6 heteroatoms. The summed E-state index contributed by atoms with van der Waals surface area (Å²) >= 11 is 3.32. The van der Waals surface area contributed by atoms with Gasteiger partial charge < -0.3 is 4.57 Å². The van der Waals surface area contributed by atoms with Gasteiger partial charge in [-0.05, 0) is 41.1 Å². The van der Waals surface area contributed by atoms with Crippen molar-refractivity contribution in [2.45, 2.75) is 6.92 Å². The Morgan fingerprint density at radius 2 is 2.19 bits per heavy atom. The first-order valence-corrected chi connectivity index (χ1v) is 6.98. The SMILES string of the molecule is Cc1c(/C=N\NC(=O)c2ccccc2Br)cc(C#N)n1C. The Morgan fingerprint density at radius 1 is 1.48 bits per heavy atom. The zero-order valence-electron chi connectivity index (χ0n) is 11.6. The molecule has 21 heavy (non-hydrogen) atoms. The molecular formula is C15H13BrN4O. The first kappa shape index (κ1) is 15.0. The highest BCUT2D eigenvalue weighted by Crippen LogP contribution is 2.15. The van der Waals surface area contributed by atoms with Crippen molar-refractivity contribution in [2.24, 2.45) is 12.1 Å². The van der Waals surface area contributed by atoms with E-state index in [1.54, 1.807) is 28.8 Å². The van der Waals surface area contributed by atoms with E-state index in [0.717, 1.165) is 11.3 Å². The highest BCUT2D eigenvalue weighted by molar-refractivity contribution is 9.10. The van der Waals surface area contributed by atoms with E-state index in [9.17, 15) is 4.79 Å². The number of halogens is 1. The van der Waals surface area contributed by atoms with Crippen LogP contribution in [0.2, 0.25) is 0 Å². The van der Waals surface area contributed by atoms with Crippen LogP contribution in [0.25, 0.3) is 0 Å². The Balaban J connectivity index is 2.12. The molecule has 0 spiro atoms. The van der Waals surface area contributed by atoms with E-state index in [1.165, 1.54) is 6.21 Å². The number of benzene rings is 1. The van der Waals surface area contributed by atoms with Crippen LogP contribution in [0.15, 0.2) is 39.9 Å². The topological polar surface area (TPSA) is 70.2 Å². The second kappa shape index (κ2) is 6.37. The van der Waals surface area contributed by atoms with Gasteiger partial charge in [0.1, 0.15) is 11.8 Å². The van der Waals surface area contributed by atoms with E-state index < -0.39 is 0 Å². The normalized spacial score (nSPS) is 10.6. The van der Waals surface area contributed by atoms with Gasteiger partial charge >= 0.3 is 0 Å². The van der Waals surface area contributed by atoms with Crippen LogP contribution in [-0.2, 0) is 7.05 Å². The molecule has 0 atom stereocenters. The van der Waals surface area contributed by atoms with E-state index in [1.807, 2.05) is 20.0 Å². The Kier molecular flexibility index (Phi) is 4.55. The fourth-order valence-corrected chi connectivity index (χ4v) is 2.29. The van der Waals surface area contributed by atoms with Gasteiger partial charge in [-0.1, -0.05) is 12.1 Å². The predicted octanol–water partition coefficient (Wildman–Crippen LogP) is 2.73. The lowest BCUT2D eigenvalue weighted by atomic mass is 10.2. The lowest BCUT2D eigenvalue weighted by molar-refractivity contribution is 0.0954. The van der Waals surface area contributed by atoms with Gasteiger partial charge in [0.25, 0.3) is 5.91 Å². The molecule has 0 bridgehead atoms. The maximum Gasteiger partial charge on any atom is 0.272 e. The molecule has 0 unspecified atom stereocenters. The molecule has 0 saturated carbocycles. The van der Waals surface area contributed by atoms with Gasteiger partial charge in [-0.25, -0.2) is 5.43 Å². The van der Waals surface area contributed by atoms with Gasteiger partial charge in [-0.15, -0.1) is 0 Å². The summed E-state index contributed by atoms with van der Waals surface area (Å²) < 4.78 is 2.48. The number of carbonyl (C=O) groups is 1. The van der Waals surface area contributed by atoms with Gasteiger partial charge in [0.05, 0.1) is 11.8 Å². The van der Waals surface area contributed by atoms with Gasteiger partial charge in [-0.3, -0.25) is 4.79 Å². The van der Waals surface area contributed by atoms with Crippen molar-refractivity contribution in [2.75, 3.05) is 0 Å². The minimum absolute atomic E-state index is 0.298. The number of hydrogen-bond acceptors (Lipinski definition) is 3. The lowest BCUT2D eigenvalue weighted by Gasteiger charge is -2.02. The minimum Gasteiger partial charge on any atom is -0.339 e. The first-order valence-electron chi connectivity index (χ1n) is 6.19. The van der Waals surface area contributed by atoms with Crippen molar-refractivity contribution in [1.29, 1.82) is 5.26 Å². The molecule has 5 nitrogen and oxygen atoms in total. The number of nitrogens with zero attached hydrogens (tertiary/aromatic N) is 3. The molecule has 1 aromatic carbocycles. The summed E-state index contributed by atoms with van der Waals surface area (Å²) in [5.41, 5.74) is 5.23. The Bertz CT molecular complexity index is 756. The van der Waals surface area contributed by atoms with E-state index in [4.69, 9.17) is 5.26 Å². The molecule has 0 aliphatic heterocycles. The fourth-order valence-electron chi connectivity index (χ4n) is 1.83. The van der Waals surface area contributed by atoms with Crippen LogP contribution in [-0.4, -0.2) is 16.7 Å². The predicted molar refractivity (Wildman–Crippen MR) is 84.1 cm³/mol. The molecule has 1 N–H and O–H groups in total. The van der Waals surface area contributed by atoms with Gasteiger partial charge in [-0.2, -0.15) is 10.4 Å². The van der Waals surface area contributed by atoms with E-state index in [0.29, 0.717) is 15.7 Å². The van der Waals surface area contributed by atoms with Crippen LogP contribution in [0.4, 0.5) is 0 Å². The van der Waals surface area contributed by atoms with Crippen molar-refractivity contribution in [1.82, 2.24) is 9.99 Å². The quantitative estimate of drug-likeness (QED) is 0.686. The third-order valence-corrected chi connectivity index (χ3v) is 3.87. The van der Waals surface area contributed by atoms with Gasteiger partial charge in [0.2, 0.25) is 0 Å². The average Bonchev–Trinajstić information content (AvgIpc) is 2.75. The number of aromatic nitrogens is 1. The molecule has 0 saturated heterocycles. The lowest BCUT2D eigenvalue weighted by Crippen LogP contribution is -2.18. The molecule has 1 heterocycles. The van der Waals surface area contributed by atoms with Crippen molar-refractivity contribution in [3.8, 4) is 6.07 Å². The number of hydrogen-bond donors (Lipinski definition) is 1. The van der Waals surface area contributed by atoms with Crippen LogP contribution < -0.4 is 5.43 Å². The standard InChI is InChI=1S/C15H13BrN4O/c1-10-11(7-12(8-17)20(10)2)9-18-19-15(21)13-5-3-4-6-14(13)16/h3-7,9H,1-2H3,(H,19,21)/b18-9-. The maximum absolute atomic E-state index is 12.0. The van der Waals surface area contributed by atoms with Crippen LogP contribution in [0, 0.1) is 18.3 Å². The zero-order valence-corrected chi connectivity index (χ0v) is 13.2. The third kappa shape index (κ3) is 3.20. The van der Waals surface area contributed by atoms with Crippen molar-refractivity contribution >= 4 is 28.1 Å². The highest BCUT2D eigenvalue weighted by atomic mass is 79.9. The summed E-state index contributed by atoms with van der Waals surface area (Å²) in [6, 6.07) is 10.9. The monoisotopic (exact) mass is 344 g/mol. The van der Waals surface area contributed by atoms with Crippen LogP contribution in [0.3, 0.4) is 0 Å². The number of rotatable bonds is 3. The van der Waals surface area contributed by atoms with E-state index in [2.05, 4.69) is 32.5 Å². The fraction of sp³-hybridized carbons (Fsp3) is 0.133. The number of hydrazone groups is 1. The van der Waals surface area contributed by atoms with Gasteiger partial charge in [0, 0.05) is 22.8 Å². The number of carbonyl (C=O) groups excluding carboxylic acids is 1. The summed E-state index contributed by atoms with van der Waals surface area (Å²) in [5, 5.41) is 12.9. The zero-order chi connectivity index (χ0) is 15.4. The number of nitriles is 1. The molecule has 0 aliphatic rings. The number of amides is 1. The molecular weight excluding hydrogens is 332 g/mol. The van der Waals surface area contributed by atoms with Crippen LogP contribution in [0.1, 0.15) is 27.3 Å². The molecule has 1 amide bonds. The Morgan fingerprint density at radius 3 is 2.81 bits per heavy atom. The third-order valence-electron chi connectivity index (χ3n) is 3.18. The molecule has 106 valence electrons. The summed E-state index contributed by atoms with van der Waals surface area (Å²) in [4.78, 5) is 12.0. The summed E-state index contributed by atoms with van der Waals surface area (Å²) in [6.45, 7) is 1.89. The molecule has 0 aliphatic carbocycles.